The van der Waals surface area contributed by atoms with Crippen molar-refractivity contribution in [2.24, 2.45) is 0 Å². The normalized spacial score (nSPS) is 10.7. The molecule has 0 aliphatic heterocycles. The Labute approximate surface area is 172 Å². The summed E-state index contributed by atoms with van der Waals surface area (Å²) in [5.41, 5.74) is 3.44. The maximum atomic E-state index is 13.3. The van der Waals surface area contributed by atoms with Crippen molar-refractivity contribution < 1.29 is 13.2 Å². The molecule has 0 saturated carbocycles. The molecular weight excluding hydrogens is 382 g/mol. The van der Waals surface area contributed by atoms with Gasteiger partial charge in [-0.25, -0.2) is 12.7 Å². The average Bonchev–Trinajstić information content (AvgIpc) is 2.72. The van der Waals surface area contributed by atoms with Crippen LogP contribution >= 0.6 is 0 Å². The van der Waals surface area contributed by atoms with Gasteiger partial charge in [0.1, 0.15) is 5.75 Å². The van der Waals surface area contributed by atoms with Gasteiger partial charge in [-0.15, -0.1) is 0 Å². The van der Waals surface area contributed by atoms with Gasteiger partial charge in [0.15, 0.2) is 0 Å². The molecule has 0 fully saturated rings. The largest absolute Gasteiger partial charge is 0.495 e. The van der Waals surface area contributed by atoms with Gasteiger partial charge in [0, 0.05) is 6.04 Å². The van der Waals surface area contributed by atoms with Crippen molar-refractivity contribution in [3.63, 3.8) is 0 Å². The Bertz CT molecular complexity index is 1140. The molecule has 4 nitrogen and oxygen atoms in total. The summed E-state index contributed by atoms with van der Waals surface area (Å²) in [7, 11) is -2.23. The number of rotatable bonds is 5. The molecule has 3 aromatic carbocycles. The third kappa shape index (κ3) is 4.79. The molecule has 0 aromatic heterocycles. The van der Waals surface area contributed by atoms with Crippen LogP contribution in [0.2, 0.25) is 0 Å². The van der Waals surface area contributed by atoms with Crippen LogP contribution < -0.4 is 4.74 Å². The van der Waals surface area contributed by atoms with Crippen molar-refractivity contribution in [3.8, 4) is 17.7 Å². The van der Waals surface area contributed by atoms with E-state index < -0.39 is 10.0 Å². The van der Waals surface area contributed by atoms with Crippen molar-refractivity contribution in [2.75, 3.05) is 7.11 Å². The molecule has 0 atom stereocenters. The third-order valence-corrected chi connectivity index (χ3v) is 6.21. The highest BCUT2D eigenvalue weighted by molar-refractivity contribution is 7.89. The van der Waals surface area contributed by atoms with Crippen molar-refractivity contribution in [3.05, 3.63) is 95.1 Å². The molecule has 3 rings (SSSR count). The number of benzene rings is 3. The Balaban J connectivity index is 2.07. The summed E-state index contributed by atoms with van der Waals surface area (Å²) in [6.07, 6.45) is 0. The van der Waals surface area contributed by atoms with E-state index in [1.165, 1.54) is 4.31 Å². The highest BCUT2D eigenvalue weighted by Gasteiger charge is 2.22. The number of ether oxygens (including phenoxy) is 1. The Morgan fingerprint density at radius 3 is 2.24 bits per heavy atom. The zero-order chi connectivity index (χ0) is 20.9. The second-order valence-electron chi connectivity index (χ2n) is 6.70. The van der Waals surface area contributed by atoms with Gasteiger partial charge in [0.05, 0.1) is 24.1 Å². The zero-order valence-electron chi connectivity index (χ0n) is 16.7. The molecule has 0 aliphatic rings. The minimum atomic E-state index is -3.80. The van der Waals surface area contributed by atoms with Crippen LogP contribution in [0.5, 0.6) is 5.75 Å². The lowest BCUT2D eigenvalue weighted by atomic mass is 10.1. The van der Waals surface area contributed by atoms with Gasteiger partial charge in [0.25, 0.3) is 10.0 Å². The fourth-order valence-corrected chi connectivity index (χ4v) is 4.08. The third-order valence-electron chi connectivity index (χ3n) is 4.54. The lowest BCUT2D eigenvalue weighted by molar-refractivity contribution is 0.413. The van der Waals surface area contributed by atoms with E-state index in [9.17, 15) is 8.42 Å². The Hall–Kier alpha value is -3.23. The number of hydrogen-bond donors (Lipinski definition) is 0. The number of hydrogen-bond acceptors (Lipinski definition) is 3. The van der Waals surface area contributed by atoms with Gasteiger partial charge < -0.3 is 4.74 Å². The summed E-state index contributed by atoms with van der Waals surface area (Å²) in [5.74, 6) is 3.63. The summed E-state index contributed by atoms with van der Waals surface area (Å²) in [6.45, 7) is 3.99. The molecule has 0 amide bonds. The fourth-order valence-electron chi connectivity index (χ4n) is 2.86. The second kappa shape index (κ2) is 8.85. The van der Waals surface area contributed by atoms with Crippen LogP contribution in [0.25, 0.3) is 0 Å². The topological polar surface area (TPSA) is 46.6 Å². The van der Waals surface area contributed by atoms with E-state index in [0.29, 0.717) is 11.3 Å². The van der Waals surface area contributed by atoms with Crippen LogP contribution in [0, 0.1) is 25.8 Å². The van der Waals surface area contributed by atoms with E-state index in [0.717, 1.165) is 16.7 Å². The number of sulfonamides is 1. The first-order valence-corrected chi connectivity index (χ1v) is 10.6. The minimum absolute atomic E-state index is 0.151. The van der Waals surface area contributed by atoms with E-state index in [4.69, 9.17) is 4.74 Å². The quantitative estimate of drug-likeness (QED) is 0.463. The number of nitrogens with zero attached hydrogens (tertiary/aromatic N) is 1. The van der Waals surface area contributed by atoms with E-state index in [-0.39, 0.29) is 11.4 Å². The second-order valence-corrected chi connectivity index (χ2v) is 8.56. The Kier molecular flexibility index (Phi) is 6.26. The summed E-state index contributed by atoms with van der Waals surface area (Å²) in [5, 5.41) is 0. The molecule has 0 saturated heterocycles. The van der Waals surface area contributed by atoms with E-state index in [1.54, 1.807) is 31.4 Å². The average molecular weight is 406 g/mol. The maximum Gasteiger partial charge on any atom is 0.271 e. The zero-order valence-corrected chi connectivity index (χ0v) is 17.5. The Morgan fingerprint density at radius 1 is 0.897 bits per heavy atom. The van der Waals surface area contributed by atoms with Crippen LogP contribution in [-0.4, -0.2) is 19.8 Å². The first kappa shape index (κ1) is 20.5. The Morgan fingerprint density at radius 2 is 1.59 bits per heavy atom. The lowest BCUT2D eigenvalue weighted by Crippen LogP contribution is -2.26. The van der Waals surface area contributed by atoms with Gasteiger partial charge in [-0.2, -0.15) is 0 Å². The molecule has 0 bridgehead atoms. The first-order valence-electron chi connectivity index (χ1n) is 9.20. The van der Waals surface area contributed by atoms with E-state index in [1.807, 2.05) is 62.4 Å². The van der Waals surface area contributed by atoms with Gasteiger partial charge in [-0.1, -0.05) is 60.2 Å². The molecule has 0 aliphatic carbocycles. The van der Waals surface area contributed by atoms with Crippen LogP contribution in [0.4, 0.5) is 0 Å². The van der Waals surface area contributed by atoms with Crippen LogP contribution in [-0.2, 0) is 16.6 Å². The first-order chi connectivity index (χ1) is 13.9. The maximum absolute atomic E-state index is 13.3. The summed E-state index contributed by atoms with van der Waals surface area (Å²) in [4.78, 5) is 0.213. The monoisotopic (exact) mass is 405 g/mol. The SMILES string of the molecule is COc1cccc(C)c1C#CN(Cc1ccccc1)S(=O)(=O)c1ccc(C)cc1. The highest BCUT2D eigenvalue weighted by atomic mass is 32.2. The molecular formula is C24H23NO3S. The van der Waals surface area contributed by atoms with Gasteiger partial charge in [-0.3, -0.25) is 0 Å². The summed E-state index contributed by atoms with van der Waals surface area (Å²) < 4.78 is 33.2. The standard InChI is InChI=1S/C24H23NO3S/c1-19-12-14-22(15-13-19)29(26,27)25(18-21-9-5-4-6-10-21)17-16-23-20(2)8-7-11-24(23)28-3/h4-15H,18H2,1-3H3. The smallest absolute Gasteiger partial charge is 0.271 e. The molecule has 148 valence electrons. The van der Waals surface area contributed by atoms with Gasteiger partial charge in [0.2, 0.25) is 0 Å². The lowest BCUT2D eigenvalue weighted by Gasteiger charge is -2.18. The minimum Gasteiger partial charge on any atom is -0.495 e. The van der Waals surface area contributed by atoms with Crippen molar-refractivity contribution in [1.29, 1.82) is 0 Å². The summed E-state index contributed by atoms with van der Waals surface area (Å²) >= 11 is 0. The van der Waals surface area contributed by atoms with Gasteiger partial charge in [-0.05, 0) is 49.1 Å². The molecule has 3 aromatic rings. The van der Waals surface area contributed by atoms with Crippen LogP contribution in [0.15, 0.2) is 77.7 Å². The van der Waals surface area contributed by atoms with E-state index in [2.05, 4.69) is 12.0 Å². The molecule has 5 heteroatoms. The van der Waals surface area contributed by atoms with Gasteiger partial charge >= 0.3 is 0 Å². The van der Waals surface area contributed by atoms with Crippen molar-refractivity contribution >= 4 is 10.0 Å². The molecule has 0 heterocycles. The molecule has 0 radical (unpaired) electrons. The number of aryl methyl sites for hydroxylation is 2. The number of methoxy groups -OCH3 is 1. The van der Waals surface area contributed by atoms with Crippen molar-refractivity contribution in [2.45, 2.75) is 25.3 Å². The van der Waals surface area contributed by atoms with Crippen LogP contribution in [0.3, 0.4) is 0 Å². The molecule has 0 spiro atoms. The van der Waals surface area contributed by atoms with Crippen LogP contribution in [0.1, 0.15) is 22.3 Å². The molecule has 29 heavy (non-hydrogen) atoms. The van der Waals surface area contributed by atoms with E-state index >= 15 is 0 Å². The van der Waals surface area contributed by atoms with Crippen molar-refractivity contribution in [1.82, 2.24) is 4.31 Å². The predicted octanol–water partition coefficient (Wildman–Crippen LogP) is 4.51. The molecule has 0 N–H and O–H groups in total. The molecule has 0 unspecified atom stereocenters. The summed E-state index contributed by atoms with van der Waals surface area (Å²) in [6, 6.07) is 24.7. The fraction of sp³-hybridized carbons (Fsp3) is 0.167. The predicted molar refractivity (Wildman–Crippen MR) is 115 cm³/mol. The highest BCUT2D eigenvalue weighted by Crippen LogP contribution is 2.22.